The molecule has 0 radical (unpaired) electrons. The van der Waals surface area contributed by atoms with Gasteiger partial charge in [-0.25, -0.2) is 14.6 Å². The Morgan fingerprint density at radius 2 is 1.78 bits per heavy atom. The van der Waals surface area contributed by atoms with Crippen LogP contribution in [0.25, 0.3) is 0 Å². The number of carbonyl (C=O) groups excluding carboxylic acids is 5. The van der Waals surface area contributed by atoms with E-state index < -0.39 is 41.9 Å². The minimum absolute atomic E-state index is 0.0556. The number of hydrogen-bond acceptors (Lipinski definition) is 7. The molecule has 0 aliphatic rings. The molecule has 1 aromatic rings. The molecule has 0 spiro atoms. The van der Waals surface area contributed by atoms with Crippen molar-refractivity contribution in [1.29, 1.82) is 0 Å². The number of carbonyl (C=O) groups is 5. The number of likely N-dealkylation sites (N-methyl/N-ethyl adjacent to an activating group) is 1. The first-order chi connectivity index (χ1) is 17.0. The number of nitrogens with two attached hydrogens (primary N) is 2. The van der Waals surface area contributed by atoms with Crippen LogP contribution in [0.3, 0.4) is 0 Å². The Balaban J connectivity index is 2.71. The van der Waals surface area contributed by atoms with Crippen LogP contribution in [0.5, 0.6) is 0 Å². The maximum atomic E-state index is 12.7. The highest BCUT2D eigenvalue weighted by Gasteiger charge is 2.30. The molecule has 0 unspecified atom stereocenters. The molecule has 6 amide bonds. The first-order valence-corrected chi connectivity index (χ1v) is 11.3. The number of benzene rings is 1. The van der Waals surface area contributed by atoms with E-state index in [1.54, 1.807) is 38.1 Å². The predicted octanol–water partition coefficient (Wildman–Crippen LogP) is 0.337. The zero-order valence-corrected chi connectivity index (χ0v) is 20.8. The topological polar surface area (TPSA) is 198 Å². The zero-order valence-electron chi connectivity index (χ0n) is 20.8. The largest absolute Gasteiger partial charge is 0.445 e. The van der Waals surface area contributed by atoms with Gasteiger partial charge in [-0.1, -0.05) is 26.0 Å². The van der Waals surface area contributed by atoms with Crippen LogP contribution in [-0.2, 0) is 25.7 Å². The predicted molar refractivity (Wildman–Crippen MR) is 134 cm³/mol. The van der Waals surface area contributed by atoms with E-state index in [1.165, 1.54) is 11.9 Å². The van der Waals surface area contributed by atoms with Gasteiger partial charge in [0.1, 0.15) is 18.7 Å². The van der Waals surface area contributed by atoms with Crippen LogP contribution in [0.4, 0.5) is 15.3 Å². The molecule has 0 fully saturated rings. The lowest BCUT2D eigenvalue weighted by molar-refractivity contribution is -0.125. The molecule has 0 bridgehead atoms. The average molecular weight is 506 g/mol. The number of urea groups is 1. The van der Waals surface area contributed by atoms with Gasteiger partial charge in [0.2, 0.25) is 11.8 Å². The van der Waals surface area contributed by atoms with Gasteiger partial charge in [-0.2, -0.15) is 0 Å². The van der Waals surface area contributed by atoms with Crippen molar-refractivity contribution in [2.24, 2.45) is 22.4 Å². The molecule has 13 heteroatoms. The first-order valence-electron chi connectivity index (χ1n) is 11.3. The van der Waals surface area contributed by atoms with Gasteiger partial charge in [-0.05, 0) is 43.2 Å². The standard InChI is InChI=1S/C23H35N7O6/c1-14(2)19(21(33)26-3)30(4)23(35)36-13-15-7-9-16(10-8-15)28-20(32)17(29-18(31)12-24)6-5-11-27-22(25)34/h7-10,14,17,19H,3,5-6,11-13,24H2,1-2,4H3,(H,28,32)(H,29,31)(H3,25,27,34)/t17-,19-/m0/s1. The second-order valence-electron chi connectivity index (χ2n) is 8.29. The van der Waals surface area contributed by atoms with E-state index >= 15 is 0 Å². The molecule has 7 N–H and O–H groups in total. The average Bonchev–Trinajstić information content (AvgIpc) is 2.84. The van der Waals surface area contributed by atoms with Gasteiger partial charge in [-0.15, -0.1) is 0 Å². The molecular formula is C23H35N7O6. The lowest BCUT2D eigenvalue weighted by Crippen LogP contribution is -2.46. The number of ether oxygens (including phenoxy) is 1. The number of nitrogens with zero attached hydrogens (tertiary/aromatic N) is 2. The summed E-state index contributed by atoms with van der Waals surface area (Å²) in [5.41, 5.74) is 11.4. The Labute approximate surface area is 210 Å². The summed E-state index contributed by atoms with van der Waals surface area (Å²) >= 11 is 0. The number of primary amides is 1. The number of nitrogens with one attached hydrogen (secondary N) is 3. The maximum Gasteiger partial charge on any atom is 0.410 e. The fourth-order valence-corrected chi connectivity index (χ4v) is 3.31. The third kappa shape index (κ3) is 10.1. The summed E-state index contributed by atoms with van der Waals surface area (Å²) in [7, 11) is 1.46. The van der Waals surface area contributed by atoms with Gasteiger partial charge < -0.3 is 32.2 Å². The number of aliphatic imine (C=N–C) groups is 1. The van der Waals surface area contributed by atoms with Crippen LogP contribution in [-0.4, -0.2) is 73.7 Å². The molecule has 0 saturated heterocycles. The summed E-state index contributed by atoms with van der Waals surface area (Å²) in [5, 5.41) is 7.66. The molecule has 13 nitrogen and oxygen atoms in total. The molecule has 0 heterocycles. The monoisotopic (exact) mass is 505 g/mol. The zero-order chi connectivity index (χ0) is 27.3. The van der Waals surface area contributed by atoms with Crippen molar-refractivity contribution in [3.05, 3.63) is 29.8 Å². The SMILES string of the molecule is C=NC(=O)[C@H](C(C)C)N(C)C(=O)OCc1ccc(NC(=O)[C@H](CCCNC(N)=O)NC(=O)CN)cc1. The molecule has 1 rings (SSSR count). The van der Waals surface area contributed by atoms with Gasteiger partial charge in [0.15, 0.2) is 0 Å². The summed E-state index contributed by atoms with van der Waals surface area (Å²) in [6.45, 7) is 6.72. The minimum Gasteiger partial charge on any atom is -0.445 e. The fourth-order valence-electron chi connectivity index (χ4n) is 3.31. The highest BCUT2D eigenvalue weighted by molar-refractivity contribution is 5.97. The van der Waals surface area contributed by atoms with Gasteiger partial charge in [0.25, 0.3) is 5.91 Å². The Morgan fingerprint density at radius 1 is 1.14 bits per heavy atom. The quantitative estimate of drug-likeness (QED) is 0.188. The molecule has 0 aliphatic heterocycles. The molecule has 2 atom stereocenters. The van der Waals surface area contributed by atoms with Gasteiger partial charge in [0, 0.05) is 19.3 Å². The van der Waals surface area contributed by atoms with Crippen molar-refractivity contribution in [2.45, 2.75) is 45.4 Å². The smallest absolute Gasteiger partial charge is 0.410 e. The summed E-state index contributed by atoms with van der Waals surface area (Å²) < 4.78 is 5.29. The highest BCUT2D eigenvalue weighted by Crippen LogP contribution is 2.15. The number of rotatable bonds is 13. The molecular weight excluding hydrogens is 470 g/mol. The molecule has 1 aromatic carbocycles. The van der Waals surface area contributed by atoms with E-state index in [2.05, 4.69) is 27.7 Å². The molecule has 198 valence electrons. The number of anilines is 1. The molecule has 0 aromatic heterocycles. The van der Waals surface area contributed by atoms with E-state index in [0.29, 0.717) is 17.7 Å². The molecule has 36 heavy (non-hydrogen) atoms. The fraction of sp³-hybridized carbons (Fsp3) is 0.478. The number of hydrogen-bond donors (Lipinski definition) is 5. The Kier molecular flexibility index (Phi) is 12.6. The summed E-state index contributed by atoms with van der Waals surface area (Å²) in [4.78, 5) is 64.1. The van der Waals surface area contributed by atoms with E-state index in [-0.39, 0.29) is 32.0 Å². The Bertz CT molecular complexity index is 935. The third-order valence-corrected chi connectivity index (χ3v) is 5.14. The normalized spacial score (nSPS) is 12.1. The van der Waals surface area contributed by atoms with Crippen LogP contribution in [0.1, 0.15) is 32.3 Å². The van der Waals surface area contributed by atoms with E-state index in [9.17, 15) is 24.0 Å². The van der Waals surface area contributed by atoms with Crippen molar-refractivity contribution < 1.29 is 28.7 Å². The van der Waals surface area contributed by atoms with E-state index in [0.717, 1.165) is 0 Å². The summed E-state index contributed by atoms with van der Waals surface area (Å²) in [6, 6.07) is 4.21. The molecule has 0 aliphatic carbocycles. The first kappa shape index (κ1) is 30.0. The second-order valence-corrected chi connectivity index (χ2v) is 8.29. The van der Waals surface area contributed by atoms with Crippen molar-refractivity contribution >= 4 is 42.3 Å². The van der Waals surface area contributed by atoms with Crippen molar-refractivity contribution in [2.75, 3.05) is 25.5 Å². The molecule has 0 saturated carbocycles. The van der Waals surface area contributed by atoms with Crippen LogP contribution >= 0.6 is 0 Å². The van der Waals surface area contributed by atoms with Crippen LogP contribution in [0.2, 0.25) is 0 Å². The van der Waals surface area contributed by atoms with Crippen LogP contribution < -0.4 is 27.4 Å². The minimum atomic E-state index is -0.867. The number of amides is 6. The van der Waals surface area contributed by atoms with Crippen molar-refractivity contribution in [3.8, 4) is 0 Å². The highest BCUT2D eigenvalue weighted by atomic mass is 16.6. The van der Waals surface area contributed by atoms with Gasteiger partial charge in [0.05, 0.1) is 6.54 Å². The van der Waals surface area contributed by atoms with Crippen LogP contribution in [0, 0.1) is 5.92 Å². The van der Waals surface area contributed by atoms with E-state index in [1.807, 2.05) is 0 Å². The van der Waals surface area contributed by atoms with Crippen LogP contribution in [0.15, 0.2) is 29.3 Å². The van der Waals surface area contributed by atoms with Crippen molar-refractivity contribution in [3.63, 3.8) is 0 Å². The Morgan fingerprint density at radius 3 is 2.31 bits per heavy atom. The summed E-state index contributed by atoms with van der Waals surface area (Å²) in [5.74, 6) is -1.65. The Hall–Kier alpha value is -4.00. The lowest BCUT2D eigenvalue weighted by Gasteiger charge is -2.27. The maximum absolute atomic E-state index is 12.7. The lowest BCUT2D eigenvalue weighted by atomic mass is 10.0. The van der Waals surface area contributed by atoms with E-state index in [4.69, 9.17) is 16.2 Å². The van der Waals surface area contributed by atoms with Crippen molar-refractivity contribution in [1.82, 2.24) is 15.5 Å². The van der Waals surface area contributed by atoms with Gasteiger partial charge >= 0.3 is 12.1 Å². The summed E-state index contributed by atoms with van der Waals surface area (Å²) in [6.07, 6.45) is -0.0374. The third-order valence-electron chi connectivity index (χ3n) is 5.14. The second kappa shape index (κ2) is 15.1. The van der Waals surface area contributed by atoms with Gasteiger partial charge in [-0.3, -0.25) is 19.3 Å².